The Labute approximate surface area is 61.7 Å². The highest BCUT2D eigenvalue weighted by atomic mass is 16.5. The molecule has 0 fully saturated rings. The van der Waals surface area contributed by atoms with Gasteiger partial charge in [0.1, 0.15) is 0 Å². The molecule has 1 heterocycles. The number of hydrogen-bond acceptors (Lipinski definition) is 3. The van der Waals surface area contributed by atoms with Gasteiger partial charge in [0.2, 0.25) is 0 Å². The Morgan fingerprint density at radius 3 is 3.00 bits per heavy atom. The SMILES string of the molecule is COC1=NCCN(C)CC1. The highest BCUT2D eigenvalue weighted by Gasteiger charge is 2.06. The molecule has 0 spiro atoms. The van der Waals surface area contributed by atoms with Crippen LogP contribution in [0.25, 0.3) is 0 Å². The molecule has 0 saturated carbocycles. The van der Waals surface area contributed by atoms with Gasteiger partial charge in [0.15, 0.2) is 5.90 Å². The maximum absolute atomic E-state index is 5.04. The molecule has 0 radical (unpaired) electrons. The quantitative estimate of drug-likeness (QED) is 0.488. The summed E-state index contributed by atoms with van der Waals surface area (Å²) in [7, 11) is 3.79. The number of nitrogens with zero attached hydrogens (tertiary/aromatic N) is 2. The molecule has 0 atom stereocenters. The third-order valence-corrected chi connectivity index (χ3v) is 1.71. The van der Waals surface area contributed by atoms with Crippen LogP contribution >= 0.6 is 0 Å². The summed E-state index contributed by atoms with van der Waals surface area (Å²) in [6, 6.07) is 0. The first-order valence-electron chi connectivity index (χ1n) is 3.59. The van der Waals surface area contributed by atoms with Gasteiger partial charge in [-0.2, -0.15) is 0 Å². The fourth-order valence-corrected chi connectivity index (χ4v) is 0.989. The van der Waals surface area contributed by atoms with Crippen molar-refractivity contribution in [3.8, 4) is 0 Å². The summed E-state index contributed by atoms with van der Waals surface area (Å²) in [6.07, 6.45) is 0.951. The van der Waals surface area contributed by atoms with Crippen LogP contribution in [0.2, 0.25) is 0 Å². The fourth-order valence-electron chi connectivity index (χ4n) is 0.989. The van der Waals surface area contributed by atoms with Crippen molar-refractivity contribution in [1.29, 1.82) is 0 Å². The van der Waals surface area contributed by atoms with E-state index in [0.717, 1.165) is 32.0 Å². The first-order chi connectivity index (χ1) is 4.83. The minimum absolute atomic E-state index is 0.875. The van der Waals surface area contributed by atoms with Gasteiger partial charge < -0.3 is 9.64 Å². The zero-order valence-electron chi connectivity index (χ0n) is 6.63. The van der Waals surface area contributed by atoms with Gasteiger partial charge in [-0.15, -0.1) is 0 Å². The van der Waals surface area contributed by atoms with Gasteiger partial charge in [-0.25, -0.2) is 0 Å². The number of aliphatic imine (C=N–C) groups is 1. The average Bonchev–Trinajstić information content (AvgIpc) is 2.14. The molecule has 1 aliphatic rings. The lowest BCUT2D eigenvalue weighted by Crippen LogP contribution is -2.21. The van der Waals surface area contributed by atoms with E-state index in [9.17, 15) is 0 Å². The Bertz CT molecular complexity index is 134. The molecule has 0 aromatic rings. The van der Waals surface area contributed by atoms with Crippen molar-refractivity contribution in [3.63, 3.8) is 0 Å². The molecule has 0 aromatic heterocycles. The predicted octanol–water partition coefficient (Wildman–Crippen LogP) is 0.367. The minimum atomic E-state index is 0.875. The van der Waals surface area contributed by atoms with Crippen LogP contribution < -0.4 is 0 Å². The van der Waals surface area contributed by atoms with Crippen LogP contribution in [-0.4, -0.2) is 44.6 Å². The van der Waals surface area contributed by atoms with E-state index >= 15 is 0 Å². The summed E-state index contributed by atoms with van der Waals surface area (Å²) in [4.78, 5) is 6.50. The molecule has 0 N–H and O–H groups in total. The molecule has 10 heavy (non-hydrogen) atoms. The van der Waals surface area contributed by atoms with E-state index in [1.807, 2.05) is 0 Å². The van der Waals surface area contributed by atoms with E-state index in [1.54, 1.807) is 7.11 Å². The molecule has 0 saturated heterocycles. The zero-order chi connectivity index (χ0) is 7.40. The second-order valence-corrected chi connectivity index (χ2v) is 2.53. The van der Waals surface area contributed by atoms with Crippen LogP contribution in [0.4, 0.5) is 0 Å². The second kappa shape index (κ2) is 3.56. The van der Waals surface area contributed by atoms with Crippen molar-refractivity contribution in [2.75, 3.05) is 33.8 Å². The van der Waals surface area contributed by atoms with Crippen LogP contribution in [-0.2, 0) is 4.74 Å². The molecule has 58 valence electrons. The molecule has 0 aliphatic carbocycles. The lowest BCUT2D eigenvalue weighted by Gasteiger charge is -2.10. The molecule has 1 aliphatic heterocycles. The van der Waals surface area contributed by atoms with Crippen molar-refractivity contribution in [2.45, 2.75) is 6.42 Å². The van der Waals surface area contributed by atoms with Crippen molar-refractivity contribution in [3.05, 3.63) is 0 Å². The lowest BCUT2D eigenvalue weighted by molar-refractivity contribution is 0.348. The standard InChI is InChI=1S/C7H14N2O/c1-9-5-3-7(10-2)8-4-6-9/h3-6H2,1-2H3. The molecule has 0 bridgehead atoms. The lowest BCUT2D eigenvalue weighted by atomic mass is 10.4. The summed E-state index contributed by atoms with van der Waals surface area (Å²) < 4.78 is 5.04. The number of hydrogen-bond donors (Lipinski definition) is 0. The third kappa shape index (κ3) is 1.99. The first-order valence-corrected chi connectivity index (χ1v) is 3.59. The van der Waals surface area contributed by atoms with E-state index in [0.29, 0.717) is 0 Å². The van der Waals surface area contributed by atoms with Gasteiger partial charge in [-0.1, -0.05) is 0 Å². The fraction of sp³-hybridized carbons (Fsp3) is 0.857. The average molecular weight is 142 g/mol. The number of ether oxygens (including phenoxy) is 1. The van der Waals surface area contributed by atoms with Gasteiger partial charge in [0.05, 0.1) is 13.7 Å². The van der Waals surface area contributed by atoms with E-state index < -0.39 is 0 Å². The zero-order valence-corrected chi connectivity index (χ0v) is 6.63. The monoisotopic (exact) mass is 142 g/mol. The molecule has 1 rings (SSSR count). The number of methoxy groups -OCH3 is 1. The predicted molar refractivity (Wildman–Crippen MR) is 41.4 cm³/mol. The minimum Gasteiger partial charge on any atom is -0.484 e. The van der Waals surface area contributed by atoms with Crippen molar-refractivity contribution >= 4 is 5.90 Å². The Balaban J connectivity index is 2.40. The van der Waals surface area contributed by atoms with E-state index in [-0.39, 0.29) is 0 Å². The molecule has 0 amide bonds. The third-order valence-electron chi connectivity index (χ3n) is 1.71. The summed E-state index contributed by atoms with van der Waals surface area (Å²) in [5.74, 6) is 0.893. The van der Waals surface area contributed by atoms with Gasteiger partial charge in [0.25, 0.3) is 0 Å². The molecular formula is C7H14N2O. The van der Waals surface area contributed by atoms with Gasteiger partial charge >= 0.3 is 0 Å². The largest absolute Gasteiger partial charge is 0.484 e. The summed E-state index contributed by atoms with van der Waals surface area (Å²) in [6.45, 7) is 2.99. The highest BCUT2D eigenvalue weighted by Crippen LogP contribution is 1.97. The molecular weight excluding hydrogens is 128 g/mol. The van der Waals surface area contributed by atoms with Crippen molar-refractivity contribution in [2.24, 2.45) is 4.99 Å². The Kier molecular flexibility index (Phi) is 2.68. The van der Waals surface area contributed by atoms with Gasteiger partial charge in [-0.05, 0) is 7.05 Å². The molecule has 3 heteroatoms. The number of rotatable bonds is 0. The topological polar surface area (TPSA) is 24.8 Å². The van der Waals surface area contributed by atoms with Crippen LogP contribution in [0.3, 0.4) is 0 Å². The molecule has 0 aromatic carbocycles. The molecule has 0 unspecified atom stereocenters. The van der Waals surface area contributed by atoms with Crippen molar-refractivity contribution in [1.82, 2.24) is 4.90 Å². The molecule has 3 nitrogen and oxygen atoms in total. The highest BCUT2D eigenvalue weighted by molar-refractivity contribution is 5.76. The number of likely N-dealkylation sites (N-methyl/N-ethyl adjacent to an activating group) is 1. The maximum atomic E-state index is 5.04. The summed E-state index contributed by atoms with van der Waals surface area (Å²) in [5.41, 5.74) is 0. The summed E-state index contributed by atoms with van der Waals surface area (Å²) >= 11 is 0. The van der Waals surface area contributed by atoms with E-state index in [2.05, 4.69) is 16.9 Å². The van der Waals surface area contributed by atoms with E-state index in [4.69, 9.17) is 4.74 Å². The van der Waals surface area contributed by atoms with Crippen LogP contribution in [0.15, 0.2) is 4.99 Å². The van der Waals surface area contributed by atoms with E-state index in [1.165, 1.54) is 0 Å². The summed E-state index contributed by atoms with van der Waals surface area (Å²) in [5, 5.41) is 0. The normalized spacial score (nSPS) is 21.6. The van der Waals surface area contributed by atoms with Crippen LogP contribution in [0.5, 0.6) is 0 Å². The smallest absolute Gasteiger partial charge is 0.184 e. The van der Waals surface area contributed by atoms with Gasteiger partial charge in [0, 0.05) is 19.5 Å². The van der Waals surface area contributed by atoms with Gasteiger partial charge in [-0.3, -0.25) is 4.99 Å². The Morgan fingerprint density at radius 2 is 2.30 bits per heavy atom. The Morgan fingerprint density at radius 1 is 1.50 bits per heavy atom. The maximum Gasteiger partial charge on any atom is 0.184 e. The van der Waals surface area contributed by atoms with Crippen LogP contribution in [0.1, 0.15) is 6.42 Å². The second-order valence-electron chi connectivity index (χ2n) is 2.53. The van der Waals surface area contributed by atoms with Crippen molar-refractivity contribution < 1.29 is 4.74 Å². The van der Waals surface area contributed by atoms with Crippen LogP contribution in [0, 0.1) is 0 Å². The Hall–Kier alpha value is -0.570. The first kappa shape index (κ1) is 7.54.